The summed E-state index contributed by atoms with van der Waals surface area (Å²) < 4.78 is 10.4. The van der Waals surface area contributed by atoms with E-state index in [4.69, 9.17) is 14.6 Å². The summed E-state index contributed by atoms with van der Waals surface area (Å²) in [6.45, 7) is 3.87. The summed E-state index contributed by atoms with van der Waals surface area (Å²) in [6.07, 6.45) is -4.85. The number of carbonyl (C=O) groups is 1. The van der Waals surface area contributed by atoms with E-state index in [1.165, 1.54) is 13.2 Å². The molecule has 6 N–H and O–H groups in total. The van der Waals surface area contributed by atoms with Gasteiger partial charge in [-0.05, 0) is 38.8 Å². The van der Waals surface area contributed by atoms with Crippen molar-refractivity contribution in [1.29, 1.82) is 0 Å². The van der Waals surface area contributed by atoms with E-state index in [-0.39, 0.29) is 17.1 Å². The van der Waals surface area contributed by atoms with Crippen LogP contribution in [0.1, 0.15) is 35.3 Å². The lowest BCUT2D eigenvalue weighted by Gasteiger charge is -2.25. The Kier molecular flexibility index (Phi) is 9.54. The zero-order valence-electron chi connectivity index (χ0n) is 17.0. The van der Waals surface area contributed by atoms with E-state index in [1.54, 1.807) is 6.92 Å². The van der Waals surface area contributed by atoms with Gasteiger partial charge in [0.25, 0.3) is 0 Å². The van der Waals surface area contributed by atoms with Crippen molar-refractivity contribution in [3.8, 4) is 11.5 Å². The maximum absolute atomic E-state index is 12.6. The number of aryl methyl sites for hydroxylation is 1. The fourth-order valence-electron chi connectivity index (χ4n) is 2.69. The number of aliphatic hydroxyl groups excluding tert-OH is 5. The summed E-state index contributed by atoms with van der Waals surface area (Å²) >= 11 is 0. The third-order valence-corrected chi connectivity index (χ3v) is 4.39. The Labute approximate surface area is 169 Å². The van der Waals surface area contributed by atoms with Gasteiger partial charge in [0.1, 0.15) is 48.1 Å². The molecular formula is C20H30O9. The Hall–Kier alpha value is -2.17. The van der Waals surface area contributed by atoms with Crippen LogP contribution in [0, 0.1) is 6.92 Å². The lowest BCUT2D eigenvalue weighted by molar-refractivity contribution is -0.124. The van der Waals surface area contributed by atoms with Gasteiger partial charge in [-0.25, -0.2) is 4.79 Å². The molecule has 164 valence electrons. The maximum Gasteiger partial charge on any atom is 0.342 e. The van der Waals surface area contributed by atoms with E-state index in [0.717, 1.165) is 5.57 Å². The molecule has 0 heterocycles. The van der Waals surface area contributed by atoms with E-state index in [2.05, 4.69) is 0 Å². The van der Waals surface area contributed by atoms with Crippen LogP contribution >= 0.6 is 0 Å². The van der Waals surface area contributed by atoms with E-state index in [1.807, 2.05) is 19.9 Å². The van der Waals surface area contributed by atoms with Crippen LogP contribution in [0.5, 0.6) is 11.5 Å². The molecule has 0 amide bonds. The van der Waals surface area contributed by atoms with Crippen molar-refractivity contribution in [2.24, 2.45) is 0 Å². The van der Waals surface area contributed by atoms with Crippen LogP contribution in [0.25, 0.3) is 0 Å². The van der Waals surface area contributed by atoms with Crippen LogP contribution in [0.3, 0.4) is 0 Å². The largest absolute Gasteiger partial charge is 0.508 e. The van der Waals surface area contributed by atoms with E-state index >= 15 is 0 Å². The first kappa shape index (κ1) is 24.9. The molecule has 9 heteroatoms. The number of aromatic hydroxyl groups is 1. The van der Waals surface area contributed by atoms with Crippen molar-refractivity contribution in [1.82, 2.24) is 0 Å². The van der Waals surface area contributed by atoms with E-state index < -0.39 is 43.6 Å². The minimum atomic E-state index is -1.85. The van der Waals surface area contributed by atoms with Crippen LogP contribution in [-0.2, 0) is 11.2 Å². The normalized spacial score (nSPS) is 15.2. The molecular weight excluding hydrogens is 384 g/mol. The number of phenolic OH excluding ortho intramolecular Hbond substituents is 1. The first-order chi connectivity index (χ1) is 13.5. The number of benzene rings is 1. The Bertz CT molecular complexity index is 725. The van der Waals surface area contributed by atoms with Crippen LogP contribution in [0.2, 0.25) is 0 Å². The van der Waals surface area contributed by atoms with Gasteiger partial charge in [-0.3, -0.25) is 0 Å². The number of hydrogen-bond acceptors (Lipinski definition) is 9. The van der Waals surface area contributed by atoms with Gasteiger partial charge in [0.15, 0.2) is 0 Å². The molecule has 4 unspecified atom stereocenters. The van der Waals surface area contributed by atoms with Crippen LogP contribution in [0.4, 0.5) is 0 Å². The molecule has 0 spiro atoms. The summed E-state index contributed by atoms with van der Waals surface area (Å²) in [5, 5.41) is 57.7. The standard InChI is InChI=1S/C20H30O9/c1-10(2)5-6-12-13(22)7-11(3)16(19(12)28-4)20(27)29-9-15(24)18(26)17(25)14(23)8-21/h5,7,14-15,17-18,21-26H,6,8-9H2,1-4H3. The second-order valence-electron chi connectivity index (χ2n) is 6.98. The van der Waals surface area contributed by atoms with Gasteiger partial charge in [-0.15, -0.1) is 0 Å². The second-order valence-corrected chi connectivity index (χ2v) is 6.98. The SMILES string of the molecule is COc1c(CC=C(C)C)c(O)cc(C)c1C(=O)OCC(O)C(O)C(O)C(O)CO. The molecule has 0 saturated carbocycles. The smallest absolute Gasteiger partial charge is 0.342 e. The van der Waals surface area contributed by atoms with Gasteiger partial charge < -0.3 is 40.1 Å². The maximum atomic E-state index is 12.6. The molecule has 1 rings (SSSR count). The summed E-state index contributed by atoms with van der Waals surface area (Å²) in [6, 6.07) is 1.40. The Morgan fingerprint density at radius 1 is 1.14 bits per heavy atom. The predicted molar refractivity (Wildman–Crippen MR) is 104 cm³/mol. The molecule has 9 nitrogen and oxygen atoms in total. The molecule has 1 aromatic carbocycles. The topological polar surface area (TPSA) is 157 Å². The van der Waals surface area contributed by atoms with Crippen molar-refractivity contribution in [3.05, 3.63) is 34.4 Å². The highest BCUT2D eigenvalue weighted by molar-refractivity contribution is 5.95. The molecule has 29 heavy (non-hydrogen) atoms. The lowest BCUT2D eigenvalue weighted by atomic mass is 9.99. The minimum absolute atomic E-state index is 0.0371. The highest BCUT2D eigenvalue weighted by Crippen LogP contribution is 2.35. The third-order valence-electron chi connectivity index (χ3n) is 4.39. The van der Waals surface area contributed by atoms with Gasteiger partial charge in [0, 0.05) is 5.56 Å². The first-order valence-corrected chi connectivity index (χ1v) is 9.08. The van der Waals surface area contributed by atoms with Crippen molar-refractivity contribution in [2.45, 2.75) is 51.6 Å². The highest BCUT2D eigenvalue weighted by atomic mass is 16.5. The van der Waals surface area contributed by atoms with Crippen molar-refractivity contribution in [2.75, 3.05) is 20.3 Å². The van der Waals surface area contributed by atoms with Gasteiger partial charge in [0.05, 0.1) is 13.7 Å². The first-order valence-electron chi connectivity index (χ1n) is 9.08. The van der Waals surface area contributed by atoms with Gasteiger partial charge in [-0.2, -0.15) is 0 Å². The van der Waals surface area contributed by atoms with Gasteiger partial charge in [-0.1, -0.05) is 11.6 Å². The average molecular weight is 414 g/mol. The number of rotatable bonds is 10. The van der Waals surface area contributed by atoms with E-state index in [0.29, 0.717) is 17.5 Å². The van der Waals surface area contributed by atoms with Gasteiger partial charge in [0.2, 0.25) is 0 Å². The monoisotopic (exact) mass is 414 g/mol. The molecule has 1 aromatic rings. The molecule has 4 atom stereocenters. The number of aliphatic hydroxyl groups is 5. The minimum Gasteiger partial charge on any atom is -0.508 e. The molecule has 0 aliphatic rings. The highest BCUT2D eigenvalue weighted by Gasteiger charge is 2.31. The summed E-state index contributed by atoms with van der Waals surface area (Å²) in [4.78, 5) is 12.6. The van der Waals surface area contributed by atoms with Crippen LogP contribution < -0.4 is 4.74 Å². The van der Waals surface area contributed by atoms with Crippen molar-refractivity contribution >= 4 is 5.97 Å². The van der Waals surface area contributed by atoms with Crippen molar-refractivity contribution < 1.29 is 44.9 Å². The zero-order valence-corrected chi connectivity index (χ0v) is 17.0. The van der Waals surface area contributed by atoms with Crippen LogP contribution in [-0.4, -0.2) is 81.3 Å². The van der Waals surface area contributed by atoms with E-state index in [9.17, 15) is 30.3 Å². The van der Waals surface area contributed by atoms with Gasteiger partial charge >= 0.3 is 5.97 Å². The Morgan fingerprint density at radius 3 is 2.24 bits per heavy atom. The number of carbonyl (C=O) groups excluding carboxylic acids is 1. The average Bonchev–Trinajstić information content (AvgIpc) is 2.68. The number of allylic oxidation sites excluding steroid dienone is 2. The number of esters is 1. The van der Waals surface area contributed by atoms with Crippen molar-refractivity contribution in [3.63, 3.8) is 0 Å². The third kappa shape index (κ3) is 6.41. The number of phenols is 1. The Balaban J connectivity index is 3.04. The fourth-order valence-corrected chi connectivity index (χ4v) is 2.69. The fraction of sp³-hybridized carbons (Fsp3) is 0.550. The molecule has 0 fully saturated rings. The number of hydrogen-bond donors (Lipinski definition) is 6. The molecule has 0 radical (unpaired) electrons. The summed E-state index contributed by atoms with van der Waals surface area (Å²) in [5.41, 5.74) is 1.85. The molecule has 0 aromatic heterocycles. The molecule has 0 saturated heterocycles. The second kappa shape index (κ2) is 11.1. The molecule has 0 bridgehead atoms. The predicted octanol–water partition coefficient (Wildman–Crippen LogP) is -0.189. The lowest BCUT2D eigenvalue weighted by Crippen LogP contribution is -2.47. The number of ether oxygens (including phenoxy) is 2. The molecule has 0 aliphatic heterocycles. The summed E-state index contributed by atoms with van der Waals surface area (Å²) in [5.74, 6) is -0.762. The quantitative estimate of drug-likeness (QED) is 0.225. The van der Waals surface area contributed by atoms with Crippen LogP contribution in [0.15, 0.2) is 17.7 Å². The Morgan fingerprint density at radius 2 is 1.72 bits per heavy atom. The summed E-state index contributed by atoms with van der Waals surface area (Å²) in [7, 11) is 1.35. The number of methoxy groups -OCH3 is 1. The zero-order chi connectivity index (χ0) is 22.3. The molecule has 0 aliphatic carbocycles.